The van der Waals surface area contributed by atoms with E-state index in [1.54, 1.807) is 0 Å². The lowest BCUT2D eigenvalue weighted by atomic mass is 10.0. The number of hydrogen-bond donors (Lipinski definition) is 0. The topological polar surface area (TPSA) is 78.9 Å². The predicted octanol–water partition coefficient (Wildman–Crippen LogP) is 21.7. The minimum absolute atomic E-state index is 0.0635. The number of carbonyl (C=O) groups excluding carboxylic acids is 3. The van der Waals surface area contributed by atoms with Gasteiger partial charge in [-0.15, -0.1) is 0 Å². The normalized spacial score (nSPS) is 12.0. The summed E-state index contributed by atoms with van der Waals surface area (Å²) in [6.07, 6.45) is 70.8. The minimum atomic E-state index is -0.765. The van der Waals surface area contributed by atoms with Gasteiger partial charge in [0.25, 0.3) is 0 Å². The highest BCUT2D eigenvalue weighted by Gasteiger charge is 2.19. The van der Waals surface area contributed by atoms with E-state index < -0.39 is 6.10 Å². The Kier molecular flexibility index (Phi) is 59.1. The van der Waals surface area contributed by atoms with Crippen molar-refractivity contribution in [1.29, 1.82) is 0 Å². The third-order valence-corrected chi connectivity index (χ3v) is 14.8. The second kappa shape index (κ2) is 60.7. The maximum Gasteiger partial charge on any atom is 0.306 e. The highest BCUT2D eigenvalue weighted by Crippen LogP contribution is 2.18. The SMILES string of the molecule is CCCCCCCCCC/C=C\CCCCCCCCCCCCCC(=O)OCC(COC(=O)CCCCCCCCCCCCCC)OC(=O)CCCCCCCCCCCCCCCCCCCC. The van der Waals surface area contributed by atoms with Crippen molar-refractivity contribution in [2.75, 3.05) is 13.2 Å². The second-order valence-electron chi connectivity index (χ2n) is 22.0. The van der Waals surface area contributed by atoms with Gasteiger partial charge in [0.1, 0.15) is 13.2 Å². The van der Waals surface area contributed by atoms with Crippen LogP contribution in [-0.2, 0) is 28.6 Å². The van der Waals surface area contributed by atoms with Gasteiger partial charge in [-0.3, -0.25) is 14.4 Å². The minimum Gasteiger partial charge on any atom is -0.462 e. The van der Waals surface area contributed by atoms with Gasteiger partial charge in [0.2, 0.25) is 0 Å². The van der Waals surface area contributed by atoms with Crippen LogP contribution in [0.2, 0.25) is 0 Å². The van der Waals surface area contributed by atoms with Gasteiger partial charge in [0, 0.05) is 19.3 Å². The molecular weight excluding hydrogens is 877 g/mol. The Labute approximate surface area is 443 Å². The second-order valence-corrected chi connectivity index (χ2v) is 22.0. The fraction of sp³-hybridized carbons (Fsp3) is 0.923. The zero-order valence-corrected chi connectivity index (χ0v) is 48.3. The number of ether oxygens (including phenoxy) is 3. The van der Waals surface area contributed by atoms with Crippen molar-refractivity contribution < 1.29 is 28.6 Å². The summed E-state index contributed by atoms with van der Waals surface area (Å²) in [6.45, 7) is 6.71. The zero-order chi connectivity index (χ0) is 51.4. The summed E-state index contributed by atoms with van der Waals surface area (Å²) in [7, 11) is 0. The molecule has 0 amide bonds. The highest BCUT2D eigenvalue weighted by atomic mass is 16.6. The number of unbranched alkanes of at least 4 members (excludes halogenated alkanes) is 47. The van der Waals surface area contributed by atoms with Crippen molar-refractivity contribution in [3.8, 4) is 0 Å². The van der Waals surface area contributed by atoms with E-state index in [0.717, 1.165) is 57.8 Å². The molecule has 0 aromatic carbocycles. The van der Waals surface area contributed by atoms with E-state index in [1.165, 1.54) is 270 Å². The fourth-order valence-corrected chi connectivity index (χ4v) is 9.91. The van der Waals surface area contributed by atoms with Crippen LogP contribution < -0.4 is 0 Å². The lowest BCUT2D eigenvalue weighted by Gasteiger charge is -2.18. The number of carbonyl (C=O) groups is 3. The molecule has 0 rings (SSSR count). The summed E-state index contributed by atoms with van der Waals surface area (Å²) < 4.78 is 16.9. The molecule has 0 aromatic rings. The molecule has 0 aliphatic heterocycles. The van der Waals surface area contributed by atoms with Crippen LogP contribution in [0, 0.1) is 0 Å². The van der Waals surface area contributed by atoms with Crippen LogP contribution in [0.3, 0.4) is 0 Å². The molecule has 0 saturated carbocycles. The van der Waals surface area contributed by atoms with Gasteiger partial charge in [-0.25, -0.2) is 0 Å². The van der Waals surface area contributed by atoms with Crippen molar-refractivity contribution in [1.82, 2.24) is 0 Å². The van der Waals surface area contributed by atoms with Crippen LogP contribution in [0.1, 0.15) is 367 Å². The molecule has 0 N–H and O–H groups in total. The van der Waals surface area contributed by atoms with Gasteiger partial charge in [-0.05, 0) is 44.9 Å². The molecule has 0 aliphatic rings. The summed E-state index contributed by atoms with van der Waals surface area (Å²) >= 11 is 0. The number of hydrogen-bond acceptors (Lipinski definition) is 6. The molecule has 71 heavy (non-hydrogen) atoms. The highest BCUT2D eigenvalue weighted by molar-refractivity contribution is 5.71. The summed E-state index contributed by atoms with van der Waals surface area (Å²) in [5, 5.41) is 0. The van der Waals surface area contributed by atoms with Crippen LogP contribution in [-0.4, -0.2) is 37.2 Å². The van der Waals surface area contributed by atoms with Crippen LogP contribution >= 0.6 is 0 Å². The maximum absolute atomic E-state index is 12.9. The smallest absolute Gasteiger partial charge is 0.306 e. The third-order valence-electron chi connectivity index (χ3n) is 14.8. The van der Waals surface area contributed by atoms with Gasteiger partial charge in [0.05, 0.1) is 0 Å². The summed E-state index contributed by atoms with van der Waals surface area (Å²) in [5.74, 6) is -0.834. The van der Waals surface area contributed by atoms with Crippen LogP contribution in [0.5, 0.6) is 0 Å². The predicted molar refractivity (Wildman–Crippen MR) is 307 cm³/mol. The first-order chi connectivity index (χ1) is 35.0. The van der Waals surface area contributed by atoms with Crippen LogP contribution in [0.25, 0.3) is 0 Å². The molecule has 1 unspecified atom stereocenters. The standard InChI is InChI=1S/C65H124O6/c1-4-7-10-13-16-19-22-25-27-29-31-32-33-34-35-37-38-40-43-46-49-52-55-58-64(67)70-61-62(60-69-63(66)57-54-51-48-45-42-24-21-18-15-12-9-6-3)71-65(68)59-56-53-50-47-44-41-39-36-30-28-26-23-20-17-14-11-8-5-2/h29,31,62H,4-28,30,32-61H2,1-3H3/b31-29-. The van der Waals surface area contributed by atoms with Crippen molar-refractivity contribution in [2.45, 2.75) is 374 Å². The molecule has 0 aliphatic carbocycles. The Hall–Kier alpha value is -1.85. The van der Waals surface area contributed by atoms with Crippen LogP contribution in [0.4, 0.5) is 0 Å². The van der Waals surface area contributed by atoms with E-state index in [-0.39, 0.29) is 31.1 Å². The Morgan fingerprint density at radius 1 is 0.268 bits per heavy atom. The van der Waals surface area contributed by atoms with E-state index in [4.69, 9.17) is 14.2 Å². The maximum atomic E-state index is 12.9. The van der Waals surface area contributed by atoms with Crippen molar-refractivity contribution in [2.24, 2.45) is 0 Å². The molecule has 0 spiro atoms. The van der Waals surface area contributed by atoms with E-state index in [1.807, 2.05) is 0 Å². The number of rotatable bonds is 60. The summed E-state index contributed by atoms with van der Waals surface area (Å²) in [5.41, 5.74) is 0. The average molecular weight is 1000 g/mol. The van der Waals surface area contributed by atoms with Gasteiger partial charge < -0.3 is 14.2 Å². The molecule has 6 nitrogen and oxygen atoms in total. The van der Waals surface area contributed by atoms with Crippen molar-refractivity contribution in [3.05, 3.63) is 12.2 Å². The van der Waals surface area contributed by atoms with Gasteiger partial charge in [0.15, 0.2) is 6.10 Å². The summed E-state index contributed by atoms with van der Waals surface area (Å²) in [4.78, 5) is 38.3. The first-order valence-electron chi connectivity index (χ1n) is 32.2. The van der Waals surface area contributed by atoms with Crippen molar-refractivity contribution >= 4 is 17.9 Å². The van der Waals surface area contributed by atoms with Crippen LogP contribution in [0.15, 0.2) is 12.2 Å². The molecule has 0 heterocycles. The molecule has 0 saturated heterocycles. The number of esters is 3. The third kappa shape index (κ3) is 58.9. The summed E-state index contributed by atoms with van der Waals surface area (Å²) in [6, 6.07) is 0. The fourth-order valence-electron chi connectivity index (χ4n) is 9.91. The lowest BCUT2D eigenvalue weighted by molar-refractivity contribution is -0.167. The lowest BCUT2D eigenvalue weighted by Crippen LogP contribution is -2.30. The molecule has 420 valence electrons. The van der Waals surface area contributed by atoms with Crippen molar-refractivity contribution in [3.63, 3.8) is 0 Å². The Balaban J connectivity index is 4.23. The van der Waals surface area contributed by atoms with Gasteiger partial charge in [-0.2, -0.15) is 0 Å². The molecule has 0 radical (unpaired) electrons. The zero-order valence-electron chi connectivity index (χ0n) is 48.3. The molecule has 0 fully saturated rings. The van der Waals surface area contributed by atoms with Gasteiger partial charge >= 0.3 is 17.9 Å². The quantitative estimate of drug-likeness (QED) is 0.0261. The Morgan fingerprint density at radius 3 is 0.704 bits per heavy atom. The average Bonchev–Trinajstić information content (AvgIpc) is 3.37. The molecule has 0 bridgehead atoms. The molecule has 0 aromatic heterocycles. The molecular formula is C65H124O6. The monoisotopic (exact) mass is 1000 g/mol. The van der Waals surface area contributed by atoms with E-state index in [0.29, 0.717) is 19.3 Å². The first kappa shape index (κ1) is 69.2. The van der Waals surface area contributed by atoms with E-state index >= 15 is 0 Å². The molecule has 1 atom stereocenters. The Bertz CT molecular complexity index is 1100. The van der Waals surface area contributed by atoms with Gasteiger partial charge in [-0.1, -0.05) is 315 Å². The number of allylic oxidation sites excluding steroid dienone is 2. The van der Waals surface area contributed by atoms with E-state index in [2.05, 4.69) is 32.9 Å². The first-order valence-corrected chi connectivity index (χ1v) is 32.2. The van der Waals surface area contributed by atoms with E-state index in [9.17, 15) is 14.4 Å². The Morgan fingerprint density at radius 2 is 0.465 bits per heavy atom. The largest absolute Gasteiger partial charge is 0.462 e. The molecule has 6 heteroatoms.